The summed E-state index contributed by atoms with van der Waals surface area (Å²) < 4.78 is 12.2. The van der Waals surface area contributed by atoms with Crippen LogP contribution >= 0.6 is 0 Å². The van der Waals surface area contributed by atoms with E-state index in [2.05, 4.69) is 10.3 Å². The molecule has 1 aliphatic heterocycles. The van der Waals surface area contributed by atoms with Crippen molar-refractivity contribution >= 4 is 23.0 Å². The van der Waals surface area contributed by atoms with Crippen LogP contribution < -0.4 is 14.8 Å². The molecule has 1 saturated heterocycles. The molecule has 1 N–H and O–H groups in total. The van der Waals surface area contributed by atoms with E-state index in [-0.39, 0.29) is 17.4 Å². The fraction of sp³-hybridized carbons (Fsp3) is 0.286. The number of methoxy groups -OCH3 is 2. The van der Waals surface area contributed by atoms with Crippen molar-refractivity contribution in [1.82, 2.24) is 14.3 Å². The first-order chi connectivity index (χ1) is 14.1. The van der Waals surface area contributed by atoms with Gasteiger partial charge in [0.05, 0.1) is 19.7 Å². The molecular weight excluding hydrogens is 372 g/mol. The van der Waals surface area contributed by atoms with Crippen LogP contribution in [0.25, 0.3) is 5.52 Å². The highest BCUT2D eigenvalue weighted by atomic mass is 16.5. The van der Waals surface area contributed by atoms with Crippen LogP contribution in [0, 0.1) is 0 Å². The molecule has 3 heterocycles. The van der Waals surface area contributed by atoms with Gasteiger partial charge in [-0.15, -0.1) is 0 Å². The van der Waals surface area contributed by atoms with Crippen LogP contribution in [0.5, 0.6) is 11.5 Å². The first-order valence-corrected chi connectivity index (χ1v) is 9.42. The summed E-state index contributed by atoms with van der Waals surface area (Å²) in [5.74, 6) is 0.761. The highest BCUT2D eigenvalue weighted by Gasteiger charge is 2.26. The van der Waals surface area contributed by atoms with E-state index in [0.29, 0.717) is 35.8 Å². The molecule has 3 aromatic rings. The molecule has 2 aromatic heterocycles. The van der Waals surface area contributed by atoms with Crippen molar-refractivity contribution in [2.75, 3.05) is 32.6 Å². The normalized spacial score (nSPS) is 13.5. The van der Waals surface area contributed by atoms with Gasteiger partial charge in [0.1, 0.15) is 0 Å². The van der Waals surface area contributed by atoms with Crippen molar-refractivity contribution in [3.63, 3.8) is 0 Å². The van der Waals surface area contributed by atoms with Crippen LogP contribution in [0.1, 0.15) is 33.9 Å². The standard InChI is InChI=1S/C21H22N4O4/c1-28-16-9-8-14(13-17(16)29-2)22-20(26)18-15-7-3-4-12-25(15)19(23-18)21(27)24-10-5-6-11-24/h3-4,7-9,12-13H,5-6,10-11H2,1-2H3,(H,22,26). The van der Waals surface area contributed by atoms with E-state index >= 15 is 0 Å². The molecule has 0 unspecified atom stereocenters. The van der Waals surface area contributed by atoms with Gasteiger partial charge in [0.15, 0.2) is 17.2 Å². The van der Waals surface area contributed by atoms with Crippen molar-refractivity contribution in [2.24, 2.45) is 0 Å². The number of hydrogen-bond acceptors (Lipinski definition) is 5. The number of fused-ring (bicyclic) bond motifs is 1. The Morgan fingerprint density at radius 2 is 1.79 bits per heavy atom. The lowest BCUT2D eigenvalue weighted by Gasteiger charge is -2.13. The first kappa shape index (κ1) is 18.8. The van der Waals surface area contributed by atoms with Crippen molar-refractivity contribution in [1.29, 1.82) is 0 Å². The molecule has 0 atom stereocenters. The van der Waals surface area contributed by atoms with E-state index in [1.165, 1.54) is 7.11 Å². The molecule has 8 nitrogen and oxygen atoms in total. The second-order valence-electron chi connectivity index (χ2n) is 6.76. The number of benzene rings is 1. The number of nitrogens with one attached hydrogen (secondary N) is 1. The summed E-state index contributed by atoms with van der Waals surface area (Å²) in [6, 6.07) is 10.5. The number of carbonyl (C=O) groups excluding carboxylic acids is 2. The van der Waals surface area contributed by atoms with Gasteiger partial charge in [0.25, 0.3) is 11.8 Å². The summed E-state index contributed by atoms with van der Waals surface area (Å²) in [6.07, 6.45) is 3.72. The summed E-state index contributed by atoms with van der Waals surface area (Å²) in [4.78, 5) is 32.0. The number of likely N-dealkylation sites (tertiary alicyclic amines) is 1. The number of amides is 2. The molecule has 29 heavy (non-hydrogen) atoms. The van der Waals surface area contributed by atoms with E-state index in [0.717, 1.165) is 12.8 Å². The zero-order chi connectivity index (χ0) is 20.4. The SMILES string of the molecule is COc1ccc(NC(=O)c2nc(C(=O)N3CCCC3)n3ccccc23)cc1OC. The maximum Gasteiger partial charge on any atom is 0.290 e. The predicted molar refractivity (Wildman–Crippen MR) is 108 cm³/mol. The third-order valence-corrected chi connectivity index (χ3v) is 4.99. The first-order valence-electron chi connectivity index (χ1n) is 9.42. The largest absolute Gasteiger partial charge is 0.493 e. The van der Waals surface area contributed by atoms with Gasteiger partial charge in [0, 0.05) is 31.0 Å². The van der Waals surface area contributed by atoms with Crippen LogP contribution in [0.15, 0.2) is 42.6 Å². The molecule has 0 bridgehead atoms. The van der Waals surface area contributed by atoms with Crippen molar-refractivity contribution < 1.29 is 19.1 Å². The molecule has 0 aliphatic carbocycles. The number of rotatable bonds is 5. The Bertz CT molecular complexity index is 1070. The third-order valence-electron chi connectivity index (χ3n) is 4.99. The minimum Gasteiger partial charge on any atom is -0.493 e. The Balaban J connectivity index is 1.67. The highest BCUT2D eigenvalue weighted by Crippen LogP contribution is 2.30. The smallest absolute Gasteiger partial charge is 0.290 e. The number of ether oxygens (including phenoxy) is 2. The summed E-state index contributed by atoms with van der Waals surface area (Å²) in [6.45, 7) is 1.43. The molecule has 1 fully saturated rings. The maximum absolute atomic E-state index is 13.0. The van der Waals surface area contributed by atoms with E-state index in [4.69, 9.17) is 9.47 Å². The zero-order valence-electron chi connectivity index (χ0n) is 16.3. The number of nitrogens with zero attached hydrogens (tertiary/aromatic N) is 3. The lowest BCUT2D eigenvalue weighted by atomic mass is 10.2. The van der Waals surface area contributed by atoms with E-state index in [9.17, 15) is 9.59 Å². The van der Waals surface area contributed by atoms with Crippen LogP contribution in [0.2, 0.25) is 0 Å². The average molecular weight is 394 g/mol. The van der Waals surface area contributed by atoms with E-state index in [1.807, 2.05) is 12.1 Å². The van der Waals surface area contributed by atoms with Gasteiger partial charge in [-0.05, 0) is 37.1 Å². The number of aromatic nitrogens is 2. The van der Waals surface area contributed by atoms with Crippen molar-refractivity contribution in [3.05, 3.63) is 54.1 Å². The minimum absolute atomic E-state index is 0.158. The topological polar surface area (TPSA) is 85.2 Å². The summed E-state index contributed by atoms with van der Waals surface area (Å²) >= 11 is 0. The highest BCUT2D eigenvalue weighted by molar-refractivity contribution is 6.09. The summed E-state index contributed by atoms with van der Waals surface area (Å²) in [5.41, 5.74) is 1.31. The Labute approximate surface area is 168 Å². The van der Waals surface area contributed by atoms with Gasteiger partial charge < -0.3 is 19.7 Å². The zero-order valence-corrected chi connectivity index (χ0v) is 16.3. The monoisotopic (exact) mass is 394 g/mol. The fourth-order valence-electron chi connectivity index (χ4n) is 3.52. The minimum atomic E-state index is -0.401. The molecule has 4 rings (SSSR count). The van der Waals surface area contributed by atoms with Crippen LogP contribution in [-0.2, 0) is 0 Å². The second-order valence-corrected chi connectivity index (χ2v) is 6.76. The van der Waals surface area contributed by atoms with Gasteiger partial charge in [-0.1, -0.05) is 6.07 Å². The van der Waals surface area contributed by atoms with Gasteiger partial charge in [-0.25, -0.2) is 4.98 Å². The summed E-state index contributed by atoms with van der Waals surface area (Å²) in [7, 11) is 3.08. The molecule has 8 heteroatoms. The molecule has 0 radical (unpaired) electrons. The second kappa shape index (κ2) is 7.83. The Morgan fingerprint density at radius 3 is 2.52 bits per heavy atom. The number of carbonyl (C=O) groups is 2. The molecule has 150 valence electrons. The molecule has 2 amide bonds. The number of hydrogen-bond donors (Lipinski definition) is 1. The quantitative estimate of drug-likeness (QED) is 0.719. The van der Waals surface area contributed by atoms with Crippen LogP contribution in [0.4, 0.5) is 5.69 Å². The maximum atomic E-state index is 13.0. The van der Waals surface area contributed by atoms with Crippen LogP contribution in [0.3, 0.4) is 0 Å². The molecule has 0 saturated carbocycles. The summed E-state index contributed by atoms with van der Waals surface area (Å²) in [5, 5.41) is 2.82. The Hall–Kier alpha value is -3.55. The van der Waals surface area contributed by atoms with E-state index < -0.39 is 5.91 Å². The molecular formula is C21H22N4O4. The number of pyridine rings is 1. The predicted octanol–water partition coefficient (Wildman–Crippen LogP) is 2.84. The van der Waals surface area contributed by atoms with E-state index in [1.54, 1.807) is 46.9 Å². The fourth-order valence-corrected chi connectivity index (χ4v) is 3.52. The lowest BCUT2D eigenvalue weighted by molar-refractivity contribution is 0.0780. The molecule has 0 spiro atoms. The van der Waals surface area contributed by atoms with Crippen molar-refractivity contribution in [2.45, 2.75) is 12.8 Å². The van der Waals surface area contributed by atoms with Crippen molar-refractivity contribution in [3.8, 4) is 11.5 Å². The number of anilines is 1. The van der Waals surface area contributed by atoms with Gasteiger partial charge in [-0.2, -0.15) is 0 Å². The van der Waals surface area contributed by atoms with Gasteiger partial charge in [-0.3, -0.25) is 14.0 Å². The Kier molecular flexibility index (Phi) is 5.07. The van der Waals surface area contributed by atoms with Gasteiger partial charge in [0.2, 0.25) is 5.82 Å². The Morgan fingerprint density at radius 1 is 1.03 bits per heavy atom. The van der Waals surface area contributed by atoms with Crippen LogP contribution in [-0.4, -0.2) is 53.4 Å². The third kappa shape index (κ3) is 3.49. The van der Waals surface area contributed by atoms with Gasteiger partial charge >= 0.3 is 0 Å². The molecule has 1 aromatic carbocycles. The molecule has 1 aliphatic rings. The average Bonchev–Trinajstić information content (AvgIpc) is 3.41. The number of imidazole rings is 1. The lowest BCUT2D eigenvalue weighted by Crippen LogP contribution is -2.29.